The van der Waals surface area contributed by atoms with E-state index in [0.29, 0.717) is 11.9 Å². The summed E-state index contributed by atoms with van der Waals surface area (Å²) in [5.74, 6) is 0.291. The van der Waals surface area contributed by atoms with Gasteiger partial charge >= 0.3 is 0 Å². The molecular weight excluding hydrogens is 256 g/mol. The molecule has 0 bridgehead atoms. The highest BCUT2D eigenvalue weighted by Gasteiger charge is 2.33. The fourth-order valence-corrected chi connectivity index (χ4v) is 3.10. The number of ether oxygens (including phenoxy) is 1. The summed E-state index contributed by atoms with van der Waals surface area (Å²) in [6.07, 6.45) is 2.68. The van der Waals surface area contributed by atoms with Gasteiger partial charge < -0.3 is 15.7 Å². The summed E-state index contributed by atoms with van der Waals surface area (Å²) in [5.41, 5.74) is 5.72. The molecule has 0 aromatic heterocycles. The number of rotatable bonds is 4. The number of hydrogen-bond acceptors (Lipinski definition) is 5. The lowest BCUT2D eigenvalue weighted by Crippen LogP contribution is -2.54. The van der Waals surface area contributed by atoms with Crippen molar-refractivity contribution in [2.45, 2.75) is 51.4 Å². The topological polar surface area (TPSA) is 74.3 Å². The highest BCUT2D eigenvalue weighted by molar-refractivity contribution is 5.84. The van der Waals surface area contributed by atoms with Crippen LogP contribution in [0.25, 0.3) is 0 Å². The van der Waals surface area contributed by atoms with Gasteiger partial charge in [0.05, 0.1) is 17.7 Å². The molecule has 2 heterocycles. The second kappa shape index (κ2) is 6.28. The third-order valence-corrected chi connectivity index (χ3v) is 4.51. The molecule has 20 heavy (non-hydrogen) atoms. The fraction of sp³-hybridized carbons (Fsp3) is 0.929. The van der Waals surface area contributed by atoms with Crippen LogP contribution in [0.15, 0.2) is 5.16 Å². The van der Waals surface area contributed by atoms with E-state index < -0.39 is 0 Å². The van der Waals surface area contributed by atoms with Gasteiger partial charge in [-0.05, 0) is 33.6 Å². The number of oxime groups is 1. The second-order valence-electron chi connectivity index (χ2n) is 6.58. The van der Waals surface area contributed by atoms with Crippen molar-refractivity contribution >= 4 is 5.84 Å². The number of hydrogen-bond donors (Lipinski definition) is 2. The molecule has 6 nitrogen and oxygen atoms in total. The Hall–Kier alpha value is -0.850. The van der Waals surface area contributed by atoms with Crippen LogP contribution in [-0.4, -0.2) is 71.3 Å². The average Bonchev–Trinajstić information content (AvgIpc) is 2.77. The van der Waals surface area contributed by atoms with Gasteiger partial charge in [0.2, 0.25) is 0 Å². The lowest BCUT2D eigenvalue weighted by atomic mass is 10.1. The van der Waals surface area contributed by atoms with Gasteiger partial charge in [-0.2, -0.15) is 0 Å². The van der Waals surface area contributed by atoms with Crippen LogP contribution in [0.2, 0.25) is 0 Å². The molecular formula is C14H28N4O2. The minimum absolute atomic E-state index is 0.00353. The molecule has 0 amide bonds. The van der Waals surface area contributed by atoms with Crippen LogP contribution in [0.3, 0.4) is 0 Å². The first-order chi connectivity index (χ1) is 9.41. The van der Waals surface area contributed by atoms with E-state index in [2.05, 4.69) is 28.8 Å². The Balaban J connectivity index is 1.75. The van der Waals surface area contributed by atoms with Crippen LogP contribution in [0, 0.1) is 0 Å². The third-order valence-electron chi connectivity index (χ3n) is 4.51. The first kappa shape index (κ1) is 15.5. The largest absolute Gasteiger partial charge is 0.409 e. The van der Waals surface area contributed by atoms with Crippen LogP contribution in [-0.2, 0) is 4.74 Å². The quantitative estimate of drug-likeness (QED) is 0.344. The van der Waals surface area contributed by atoms with Crippen LogP contribution >= 0.6 is 0 Å². The van der Waals surface area contributed by atoms with Gasteiger partial charge in [-0.15, -0.1) is 0 Å². The summed E-state index contributed by atoms with van der Waals surface area (Å²) in [6, 6.07) is 0.00353. The van der Waals surface area contributed by atoms with Crippen molar-refractivity contribution in [2.24, 2.45) is 10.9 Å². The number of piperazine rings is 1. The maximum absolute atomic E-state index is 8.74. The fourth-order valence-electron chi connectivity index (χ4n) is 3.10. The number of nitrogens with two attached hydrogens (primary N) is 1. The molecule has 0 aromatic rings. The Morgan fingerprint density at radius 3 is 2.55 bits per heavy atom. The summed E-state index contributed by atoms with van der Waals surface area (Å²) >= 11 is 0. The Morgan fingerprint density at radius 2 is 2.05 bits per heavy atom. The van der Waals surface area contributed by atoms with Crippen molar-refractivity contribution in [3.05, 3.63) is 0 Å². The van der Waals surface area contributed by atoms with Crippen molar-refractivity contribution in [1.82, 2.24) is 9.80 Å². The molecule has 2 unspecified atom stereocenters. The molecule has 0 saturated carbocycles. The summed E-state index contributed by atoms with van der Waals surface area (Å²) in [5, 5.41) is 11.8. The molecule has 2 aliphatic heterocycles. The normalized spacial score (nSPS) is 30.6. The molecule has 0 radical (unpaired) electrons. The second-order valence-corrected chi connectivity index (χ2v) is 6.58. The summed E-state index contributed by atoms with van der Waals surface area (Å²) in [7, 11) is 0. The maximum Gasteiger partial charge on any atom is 0.156 e. The zero-order valence-corrected chi connectivity index (χ0v) is 12.9. The van der Waals surface area contributed by atoms with Crippen LogP contribution in [0.4, 0.5) is 0 Å². The van der Waals surface area contributed by atoms with Crippen LogP contribution in [0.1, 0.15) is 33.6 Å². The SMILES string of the molecule is CC(C(N)=NO)N1CCN(CC2CCC(C)(C)O2)CC1. The maximum atomic E-state index is 8.74. The minimum atomic E-state index is 0.00353. The van der Waals surface area contributed by atoms with Crippen molar-refractivity contribution in [2.75, 3.05) is 32.7 Å². The van der Waals surface area contributed by atoms with Gasteiger partial charge in [0.15, 0.2) is 5.84 Å². The molecule has 116 valence electrons. The van der Waals surface area contributed by atoms with Gasteiger partial charge in [-0.3, -0.25) is 9.80 Å². The van der Waals surface area contributed by atoms with Gasteiger partial charge in [-0.1, -0.05) is 5.16 Å². The Labute approximate surface area is 121 Å². The van der Waals surface area contributed by atoms with E-state index in [4.69, 9.17) is 15.7 Å². The molecule has 3 N–H and O–H groups in total. The van der Waals surface area contributed by atoms with Gasteiger partial charge in [-0.25, -0.2) is 0 Å². The first-order valence-corrected chi connectivity index (χ1v) is 7.53. The molecule has 0 aromatic carbocycles. The van der Waals surface area contributed by atoms with Crippen molar-refractivity contribution in [3.8, 4) is 0 Å². The highest BCUT2D eigenvalue weighted by atomic mass is 16.5. The van der Waals surface area contributed by atoms with E-state index in [1.807, 2.05) is 6.92 Å². The zero-order valence-electron chi connectivity index (χ0n) is 12.9. The Morgan fingerprint density at radius 1 is 1.40 bits per heavy atom. The van der Waals surface area contributed by atoms with Crippen molar-refractivity contribution < 1.29 is 9.94 Å². The van der Waals surface area contributed by atoms with E-state index in [9.17, 15) is 0 Å². The van der Waals surface area contributed by atoms with E-state index in [1.54, 1.807) is 0 Å². The Bertz CT molecular complexity index is 351. The summed E-state index contributed by atoms with van der Waals surface area (Å²) < 4.78 is 6.05. The van der Waals surface area contributed by atoms with E-state index in [-0.39, 0.29) is 11.6 Å². The monoisotopic (exact) mass is 284 g/mol. The molecule has 2 aliphatic rings. The zero-order chi connectivity index (χ0) is 14.8. The number of amidine groups is 1. The average molecular weight is 284 g/mol. The predicted molar refractivity (Wildman–Crippen MR) is 79.1 cm³/mol. The highest BCUT2D eigenvalue weighted by Crippen LogP contribution is 2.29. The molecule has 2 atom stereocenters. The molecule has 0 spiro atoms. The third kappa shape index (κ3) is 3.84. The lowest BCUT2D eigenvalue weighted by molar-refractivity contribution is -0.0340. The number of nitrogens with zero attached hydrogens (tertiary/aromatic N) is 3. The molecule has 6 heteroatoms. The molecule has 0 aliphatic carbocycles. The first-order valence-electron chi connectivity index (χ1n) is 7.53. The van der Waals surface area contributed by atoms with E-state index in [1.165, 1.54) is 0 Å². The van der Waals surface area contributed by atoms with E-state index in [0.717, 1.165) is 45.6 Å². The standard InChI is InChI=1S/C14H28N4O2/c1-11(13(15)16-19)18-8-6-17(7-9-18)10-12-4-5-14(2,3)20-12/h11-12,19H,4-10H2,1-3H3,(H2,15,16). The molecule has 2 fully saturated rings. The lowest BCUT2D eigenvalue weighted by Gasteiger charge is -2.38. The van der Waals surface area contributed by atoms with Gasteiger partial charge in [0.1, 0.15) is 0 Å². The van der Waals surface area contributed by atoms with E-state index >= 15 is 0 Å². The Kier molecular flexibility index (Phi) is 4.88. The smallest absolute Gasteiger partial charge is 0.156 e. The minimum Gasteiger partial charge on any atom is -0.409 e. The van der Waals surface area contributed by atoms with Crippen LogP contribution < -0.4 is 5.73 Å². The van der Waals surface area contributed by atoms with Gasteiger partial charge in [0, 0.05) is 32.7 Å². The van der Waals surface area contributed by atoms with Crippen molar-refractivity contribution in [1.29, 1.82) is 0 Å². The molecule has 2 saturated heterocycles. The van der Waals surface area contributed by atoms with Crippen molar-refractivity contribution in [3.63, 3.8) is 0 Å². The van der Waals surface area contributed by atoms with Gasteiger partial charge in [0.25, 0.3) is 0 Å². The predicted octanol–water partition coefficient (Wildman–Crippen LogP) is 0.697. The summed E-state index contributed by atoms with van der Waals surface area (Å²) in [6.45, 7) is 11.3. The summed E-state index contributed by atoms with van der Waals surface area (Å²) in [4.78, 5) is 4.71. The van der Waals surface area contributed by atoms with Crippen LogP contribution in [0.5, 0.6) is 0 Å². The molecule has 2 rings (SSSR count).